The lowest BCUT2D eigenvalue weighted by Crippen LogP contribution is -2.41. The third kappa shape index (κ3) is 3.33. The lowest BCUT2D eigenvalue weighted by Gasteiger charge is -2.45. The summed E-state index contributed by atoms with van der Waals surface area (Å²) in [6.07, 6.45) is 1.54. The Morgan fingerprint density at radius 2 is 1.33 bits per heavy atom. The monoisotopic (exact) mass is 544 g/mol. The molecule has 3 aromatic rings. The van der Waals surface area contributed by atoms with E-state index in [1.54, 1.807) is 12.3 Å². The number of nitrogens with zero attached hydrogens (tertiary/aromatic N) is 2. The summed E-state index contributed by atoms with van der Waals surface area (Å²) in [7, 11) is 0. The van der Waals surface area contributed by atoms with E-state index in [1.807, 2.05) is 44.2 Å². The molecule has 7 heteroatoms. The number of halogens is 1. The van der Waals surface area contributed by atoms with Gasteiger partial charge < -0.3 is 9.47 Å². The van der Waals surface area contributed by atoms with Gasteiger partial charge >= 0.3 is 0 Å². The standard InChI is InChI=1S/C29H25BrN2O4/c1-3-35-22-14-16(13-21(30)27(22)36-4-2)15-31-32-28(33)25-23-17-9-5-6-10-18(17)24(26(25)29(32)34)20-12-8-7-11-19(20)23/h5-15,23-26H,3-4H2,1-2H3/b31-15-/t23?,24?,25-,26-/m0/s1. The fourth-order valence-electron chi connectivity index (χ4n) is 6.11. The van der Waals surface area contributed by atoms with E-state index in [9.17, 15) is 9.59 Å². The van der Waals surface area contributed by atoms with Gasteiger partial charge in [-0.05, 0) is 69.7 Å². The van der Waals surface area contributed by atoms with Gasteiger partial charge in [-0.25, -0.2) is 0 Å². The molecule has 4 aliphatic rings. The molecule has 3 aliphatic carbocycles. The molecule has 0 spiro atoms. The summed E-state index contributed by atoms with van der Waals surface area (Å²) < 4.78 is 12.2. The first-order chi connectivity index (χ1) is 17.5. The number of benzene rings is 3. The van der Waals surface area contributed by atoms with Crippen molar-refractivity contribution in [3.05, 3.63) is 93.0 Å². The van der Waals surface area contributed by atoms with Gasteiger partial charge in [-0.15, -0.1) is 0 Å². The highest BCUT2D eigenvalue weighted by atomic mass is 79.9. The van der Waals surface area contributed by atoms with Gasteiger partial charge in [0.1, 0.15) is 0 Å². The zero-order chi connectivity index (χ0) is 25.0. The van der Waals surface area contributed by atoms with E-state index >= 15 is 0 Å². The van der Waals surface area contributed by atoms with Gasteiger partial charge in [0.25, 0.3) is 11.8 Å². The molecule has 7 rings (SSSR count). The molecule has 0 radical (unpaired) electrons. The zero-order valence-electron chi connectivity index (χ0n) is 20.0. The molecule has 6 nitrogen and oxygen atoms in total. The second kappa shape index (κ2) is 8.89. The van der Waals surface area contributed by atoms with Gasteiger partial charge in [-0.3, -0.25) is 9.59 Å². The van der Waals surface area contributed by atoms with Crippen LogP contribution in [-0.4, -0.2) is 36.3 Å². The first kappa shape index (κ1) is 23.0. The van der Waals surface area contributed by atoms with Crippen LogP contribution in [0.1, 0.15) is 53.5 Å². The summed E-state index contributed by atoms with van der Waals surface area (Å²) in [5, 5.41) is 5.49. The van der Waals surface area contributed by atoms with Crippen LogP contribution in [-0.2, 0) is 9.59 Å². The van der Waals surface area contributed by atoms with Gasteiger partial charge in [0, 0.05) is 11.8 Å². The molecule has 0 aromatic heterocycles. The van der Waals surface area contributed by atoms with Gasteiger partial charge in [0.15, 0.2) is 11.5 Å². The minimum absolute atomic E-state index is 0.145. The maximum absolute atomic E-state index is 13.7. The van der Waals surface area contributed by atoms with Crippen LogP contribution in [0.15, 0.2) is 70.2 Å². The molecular weight excluding hydrogens is 520 g/mol. The summed E-state index contributed by atoms with van der Waals surface area (Å²) in [4.78, 5) is 27.4. The third-order valence-corrected chi connectivity index (χ3v) is 7.96. The van der Waals surface area contributed by atoms with Crippen LogP contribution in [0.4, 0.5) is 0 Å². The fraction of sp³-hybridized carbons (Fsp3) is 0.276. The van der Waals surface area contributed by atoms with E-state index in [0.717, 1.165) is 27.3 Å². The average molecular weight is 545 g/mol. The molecule has 36 heavy (non-hydrogen) atoms. The zero-order valence-corrected chi connectivity index (χ0v) is 21.6. The first-order valence-corrected chi connectivity index (χ1v) is 13.0. The summed E-state index contributed by atoms with van der Waals surface area (Å²) in [6.45, 7) is 4.78. The normalized spacial score (nSPS) is 23.6. The third-order valence-electron chi connectivity index (χ3n) is 7.37. The van der Waals surface area contributed by atoms with Crippen LogP contribution in [0.3, 0.4) is 0 Å². The minimum atomic E-state index is -0.449. The lowest BCUT2D eigenvalue weighted by molar-refractivity contribution is -0.139. The molecular formula is C29H25BrN2O4. The predicted molar refractivity (Wildman–Crippen MR) is 139 cm³/mol. The molecule has 0 unspecified atom stereocenters. The van der Waals surface area contributed by atoms with Crippen molar-refractivity contribution in [2.45, 2.75) is 25.7 Å². The van der Waals surface area contributed by atoms with Crippen molar-refractivity contribution in [3.63, 3.8) is 0 Å². The molecule has 2 bridgehead atoms. The Hall–Kier alpha value is -3.45. The second-order valence-electron chi connectivity index (χ2n) is 9.19. The maximum Gasteiger partial charge on any atom is 0.254 e. The van der Waals surface area contributed by atoms with Crippen molar-refractivity contribution in [2.75, 3.05) is 13.2 Å². The van der Waals surface area contributed by atoms with E-state index in [2.05, 4.69) is 45.3 Å². The van der Waals surface area contributed by atoms with Crippen molar-refractivity contribution in [1.82, 2.24) is 5.01 Å². The molecule has 0 saturated carbocycles. The van der Waals surface area contributed by atoms with Crippen molar-refractivity contribution in [2.24, 2.45) is 16.9 Å². The molecule has 1 aliphatic heterocycles. The summed E-state index contributed by atoms with van der Waals surface area (Å²) in [6, 6.07) is 20.0. The van der Waals surface area contributed by atoms with E-state index < -0.39 is 11.8 Å². The number of rotatable bonds is 6. The molecule has 182 valence electrons. The number of hydrogen-bond acceptors (Lipinski definition) is 5. The molecule has 1 saturated heterocycles. The van der Waals surface area contributed by atoms with Crippen LogP contribution in [0.25, 0.3) is 0 Å². The van der Waals surface area contributed by atoms with Crippen LogP contribution in [0.5, 0.6) is 11.5 Å². The topological polar surface area (TPSA) is 68.2 Å². The number of imide groups is 1. The van der Waals surface area contributed by atoms with Crippen LogP contribution < -0.4 is 9.47 Å². The van der Waals surface area contributed by atoms with Crippen molar-refractivity contribution >= 4 is 34.0 Å². The Morgan fingerprint density at radius 3 is 1.81 bits per heavy atom. The lowest BCUT2D eigenvalue weighted by atomic mass is 9.55. The SMILES string of the molecule is CCOc1cc(/C=N\N2C(=O)[C@H]3C4c5ccccc5C(c5ccccc54)[C@@H]3C2=O)cc(Br)c1OCC. The van der Waals surface area contributed by atoms with Crippen molar-refractivity contribution in [1.29, 1.82) is 0 Å². The Morgan fingerprint density at radius 1 is 0.833 bits per heavy atom. The van der Waals surface area contributed by atoms with Gasteiger partial charge in [-0.1, -0.05) is 48.5 Å². The van der Waals surface area contributed by atoms with Crippen LogP contribution in [0.2, 0.25) is 0 Å². The number of hydrazone groups is 1. The number of hydrogen-bond donors (Lipinski definition) is 0. The van der Waals surface area contributed by atoms with E-state index in [1.165, 1.54) is 0 Å². The number of carbonyl (C=O) groups excluding carboxylic acids is 2. The summed E-state index contributed by atoms with van der Waals surface area (Å²) >= 11 is 3.54. The second-order valence-corrected chi connectivity index (χ2v) is 10.0. The Balaban J connectivity index is 1.37. The van der Waals surface area contributed by atoms with E-state index in [0.29, 0.717) is 34.7 Å². The Bertz CT molecular complexity index is 1300. The minimum Gasteiger partial charge on any atom is -0.490 e. The van der Waals surface area contributed by atoms with E-state index in [4.69, 9.17) is 9.47 Å². The summed E-state index contributed by atoms with van der Waals surface area (Å²) in [5.41, 5.74) is 5.27. The highest BCUT2D eigenvalue weighted by molar-refractivity contribution is 9.10. The molecule has 0 N–H and O–H groups in total. The first-order valence-electron chi connectivity index (χ1n) is 12.2. The molecule has 1 fully saturated rings. The number of amides is 2. The predicted octanol–water partition coefficient (Wildman–Crippen LogP) is 5.47. The summed E-state index contributed by atoms with van der Waals surface area (Å²) in [5.74, 6) is -0.479. The smallest absolute Gasteiger partial charge is 0.254 e. The number of carbonyl (C=O) groups is 2. The van der Waals surface area contributed by atoms with Crippen molar-refractivity contribution < 1.29 is 19.1 Å². The van der Waals surface area contributed by atoms with Gasteiger partial charge in [0.05, 0.1) is 35.7 Å². The highest BCUT2D eigenvalue weighted by Crippen LogP contribution is 2.61. The van der Waals surface area contributed by atoms with Crippen molar-refractivity contribution in [3.8, 4) is 11.5 Å². The van der Waals surface area contributed by atoms with Crippen LogP contribution in [0, 0.1) is 11.8 Å². The Labute approximate surface area is 218 Å². The maximum atomic E-state index is 13.7. The largest absolute Gasteiger partial charge is 0.490 e. The van der Waals surface area contributed by atoms with E-state index in [-0.39, 0.29) is 23.7 Å². The number of ether oxygens (including phenoxy) is 2. The highest BCUT2D eigenvalue weighted by Gasteiger charge is 2.61. The molecule has 2 atom stereocenters. The molecule has 2 amide bonds. The molecule has 3 aromatic carbocycles. The Kier molecular flexibility index (Phi) is 5.67. The van der Waals surface area contributed by atoms with Gasteiger partial charge in [-0.2, -0.15) is 10.1 Å². The fourth-order valence-corrected chi connectivity index (χ4v) is 6.68. The van der Waals surface area contributed by atoms with Crippen LogP contribution >= 0.6 is 15.9 Å². The quantitative estimate of drug-likeness (QED) is 0.304. The van der Waals surface area contributed by atoms with Gasteiger partial charge in [0.2, 0.25) is 0 Å². The molecule has 1 heterocycles. The average Bonchev–Trinajstić information content (AvgIpc) is 3.15.